The van der Waals surface area contributed by atoms with Crippen LogP contribution < -0.4 is 16.6 Å². The molecular formula is C14H13ClF3N5O. The fourth-order valence-corrected chi connectivity index (χ4v) is 2.05. The molecule has 1 heterocycles. The summed E-state index contributed by atoms with van der Waals surface area (Å²) in [5.41, 5.74) is 9.69. The number of rotatable bonds is 5. The third-order valence-corrected chi connectivity index (χ3v) is 3.48. The highest BCUT2D eigenvalue weighted by atomic mass is 35.5. The summed E-state index contributed by atoms with van der Waals surface area (Å²) in [5.74, 6) is -0.493. The molecule has 0 fully saturated rings. The van der Waals surface area contributed by atoms with Crippen LogP contribution in [0.2, 0.25) is 5.02 Å². The van der Waals surface area contributed by atoms with Gasteiger partial charge in [0.2, 0.25) is 5.91 Å². The molecule has 0 radical (unpaired) electrons. The predicted molar refractivity (Wildman–Crippen MR) is 83.0 cm³/mol. The van der Waals surface area contributed by atoms with Crippen LogP contribution >= 0.6 is 11.6 Å². The maximum absolute atomic E-state index is 12.9. The molecule has 0 aliphatic rings. The molecule has 0 unspecified atom stereocenters. The van der Waals surface area contributed by atoms with Gasteiger partial charge in [0.25, 0.3) is 0 Å². The van der Waals surface area contributed by atoms with Gasteiger partial charge in [0.05, 0.1) is 17.4 Å². The first-order valence-electron chi connectivity index (χ1n) is 6.75. The SMILES string of the molecule is Nc1cnnc(NNC(=O)CCc2ccccc2C(F)(F)F)c1Cl. The van der Waals surface area contributed by atoms with Gasteiger partial charge in [-0.15, -0.1) is 5.10 Å². The number of aryl methyl sites for hydroxylation is 1. The lowest BCUT2D eigenvalue weighted by Crippen LogP contribution is -2.30. The summed E-state index contributed by atoms with van der Waals surface area (Å²) in [6, 6.07) is 5.11. The zero-order chi connectivity index (χ0) is 17.7. The van der Waals surface area contributed by atoms with Gasteiger partial charge in [-0.3, -0.25) is 15.6 Å². The second-order valence-corrected chi connectivity index (χ2v) is 5.17. The summed E-state index contributed by atoms with van der Waals surface area (Å²) in [6.45, 7) is 0. The maximum atomic E-state index is 12.9. The minimum Gasteiger partial charge on any atom is -0.396 e. The summed E-state index contributed by atoms with van der Waals surface area (Å²) < 4.78 is 38.6. The number of aromatic nitrogens is 2. The van der Waals surface area contributed by atoms with Gasteiger partial charge < -0.3 is 5.73 Å². The number of nitrogen functional groups attached to an aromatic ring is 1. The maximum Gasteiger partial charge on any atom is 0.416 e. The number of hydrogen-bond donors (Lipinski definition) is 3. The van der Waals surface area contributed by atoms with E-state index in [0.717, 1.165) is 6.07 Å². The Morgan fingerprint density at radius 2 is 2.00 bits per heavy atom. The van der Waals surface area contributed by atoms with Crippen LogP contribution in [0.5, 0.6) is 0 Å². The van der Waals surface area contributed by atoms with Crippen LogP contribution in [0.4, 0.5) is 24.7 Å². The Kier molecular flexibility index (Phi) is 5.45. The molecule has 0 saturated carbocycles. The standard InChI is InChI=1S/C14H13ClF3N5O/c15-12-10(19)7-20-22-13(12)23-21-11(24)6-5-8-3-1-2-4-9(8)14(16,17)18/h1-4,7H,5-6H2,(H,21,24)(H3,19,22,23). The monoisotopic (exact) mass is 359 g/mol. The molecule has 4 N–H and O–H groups in total. The molecule has 24 heavy (non-hydrogen) atoms. The molecule has 0 spiro atoms. The molecule has 128 valence electrons. The first-order chi connectivity index (χ1) is 11.3. The number of halogens is 4. The average molecular weight is 360 g/mol. The van der Waals surface area contributed by atoms with Gasteiger partial charge in [0, 0.05) is 6.42 Å². The number of benzene rings is 1. The summed E-state index contributed by atoms with van der Waals surface area (Å²) in [6.07, 6.45) is -3.45. The minimum absolute atomic E-state index is 0.0423. The van der Waals surface area contributed by atoms with Crippen molar-refractivity contribution >= 4 is 29.0 Å². The fourth-order valence-electron chi connectivity index (χ4n) is 1.92. The molecule has 2 aromatic rings. The Balaban J connectivity index is 1.94. The molecule has 6 nitrogen and oxygen atoms in total. The third-order valence-electron chi connectivity index (χ3n) is 3.08. The topological polar surface area (TPSA) is 92.9 Å². The smallest absolute Gasteiger partial charge is 0.396 e. The van der Waals surface area contributed by atoms with Crippen LogP contribution in [0, 0.1) is 0 Å². The van der Waals surface area contributed by atoms with Crippen molar-refractivity contribution in [3.8, 4) is 0 Å². The van der Waals surface area contributed by atoms with Crippen molar-refractivity contribution in [2.24, 2.45) is 0 Å². The van der Waals surface area contributed by atoms with E-state index in [9.17, 15) is 18.0 Å². The van der Waals surface area contributed by atoms with E-state index >= 15 is 0 Å². The van der Waals surface area contributed by atoms with Crippen molar-refractivity contribution in [3.63, 3.8) is 0 Å². The number of nitrogens with zero attached hydrogens (tertiary/aromatic N) is 2. The van der Waals surface area contributed by atoms with Gasteiger partial charge in [-0.1, -0.05) is 29.8 Å². The van der Waals surface area contributed by atoms with E-state index in [1.54, 1.807) is 0 Å². The lowest BCUT2D eigenvalue weighted by atomic mass is 10.0. The predicted octanol–water partition coefficient (Wildman–Crippen LogP) is 2.81. The van der Waals surface area contributed by atoms with E-state index in [-0.39, 0.29) is 34.9 Å². The number of nitrogens with two attached hydrogens (primary N) is 1. The highest BCUT2D eigenvalue weighted by Crippen LogP contribution is 2.32. The number of anilines is 2. The average Bonchev–Trinajstić information content (AvgIpc) is 2.53. The van der Waals surface area contributed by atoms with E-state index in [2.05, 4.69) is 21.0 Å². The zero-order valence-corrected chi connectivity index (χ0v) is 12.9. The van der Waals surface area contributed by atoms with Gasteiger partial charge in [0.15, 0.2) is 5.82 Å². The minimum atomic E-state index is -4.46. The Hall–Kier alpha value is -2.55. The van der Waals surface area contributed by atoms with Crippen LogP contribution in [0.1, 0.15) is 17.5 Å². The van der Waals surface area contributed by atoms with Gasteiger partial charge in [-0.25, -0.2) is 0 Å². The third kappa shape index (κ3) is 4.48. The molecule has 1 aromatic carbocycles. The van der Waals surface area contributed by atoms with Crippen molar-refractivity contribution < 1.29 is 18.0 Å². The fraction of sp³-hybridized carbons (Fsp3) is 0.214. The second kappa shape index (κ2) is 7.35. The lowest BCUT2D eigenvalue weighted by molar-refractivity contribution is -0.138. The van der Waals surface area contributed by atoms with E-state index in [0.29, 0.717) is 0 Å². The molecule has 1 aromatic heterocycles. The molecule has 10 heteroatoms. The molecule has 2 rings (SSSR count). The number of nitrogens with one attached hydrogen (secondary N) is 2. The van der Waals surface area contributed by atoms with E-state index in [1.165, 1.54) is 24.4 Å². The highest BCUT2D eigenvalue weighted by molar-refractivity contribution is 6.35. The summed E-state index contributed by atoms with van der Waals surface area (Å²) in [5, 5.41) is 7.27. The number of hydrazine groups is 1. The Morgan fingerprint density at radius 3 is 2.71 bits per heavy atom. The van der Waals surface area contributed by atoms with Crippen LogP contribution in [-0.2, 0) is 17.4 Å². The van der Waals surface area contributed by atoms with Crippen LogP contribution in [-0.4, -0.2) is 16.1 Å². The van der Waals surface area contributed by atoms with Gasteiger partial charge in [0.1, 0.15) is 5.02 Å². The molecule has 0 aliphatic carbocycles. The Morgan fingerprint density at radius 1 is 1.29 bits per heavy atom. The molecule has 1 amide bonds. The van der Waals surface area contributed by atoms with Gasteiger partial charge >= 0.3 is 6.18 Å². The zero-order valence-electron chi connectivity index (χ0n) is 12.2. The first kappa shape index (κ1) is 17.8. The van der Waals surface area contributed by atoms with Crippen LogP contribution in [0.3, 0.4) is 0 Å². The van der Waals surface area contributed by atoms with Crippen molar-refractivity contribution in [1.29, 1.82) is 0 Å². The second-order valence-electron chi connectivity index (χ2n) is 4.79. The number of amides is 1. The van der Waals surface area contributed by atoms with Crippen LogP contribution in [0.15, 0.2) is 30.5 Å². The number of alkyl halides is 3. The molecule has 0 atom stereocenters. The number of carbonyl (C=O) groups is 1. The lowest BCUT2D eigenvalue weighted by Gasteiger charge is -2.13. The number of carbonyl (C=O) groups excluding carboxylic acids is 1. The summed E-state index contributed by atoms with van der Waals surface area (Å²) in [4.78, 5) is 11.8. The molecular weight excluding hydrogens is 347 g/mol. The van der Waals surface area contributed by atoms with Crippen molar-refractivity contribution in [2.45, 2.75) is 19.0 Å². The molecule has 0 bridgehead atoms. The van der Waals surface area contributed by atoms with Gasteiger partial charge in [-0.2, -0.15) is 18.3 Å². The molecule has 0 aliphatic heterocycles. The van der Waals surface area contributed by atoms with E-state index in [4.69, 9.17) is 17.3 Å². The van der Waals surface area contributed by atoms with Crippen molar-refractivity contribution in [3.05, 3.63) is 46.6 Å². The van der Waals surface area contributed by atoms with Crippen molar-refractivity contribution in [2.75, 3.05) is 11.2 Å². The normalized spacial score (nSPS) is 11.2. The molecule has 0 saturated heterocycles. The Bertz CT molecular complexity index is 739. The van der Waals surface area contributed by atoms with Gasteiger partial charge in [-0.05, 0) is 18.1 Å². The van der Waals surface area contributed by atoms with E-state index in [1.807, 2.05) is 0 Å². The first-order valence-corrected chi connectivity index (χ1v) is 7.13. The number of hydrogen-bond acceptors (Lipinski definition) is 5. The Labute approximate surface area is 140 Å². The summed E-state index contributed by atoms with van der Waals surface area (Å²) in [7, 11) is 0. The highest BCUT2D eigenvalue weighted by Gasteiger charge is 2.32. The van der Waals surface area contributed by atoms with E-state index < -0.39 is 17.6 Å². The summed E-state index contributed by atoms with van der Waals surface area (Å²) >= 11 is 5.85. The van der Waals surface area contributed by atoms with Crippen LogP contribution in [0.25, 0.3) is 0 Å². The quantitative estimate of drug-likeness (QED) is 0.714. The van der Waals surface area contributed by atoms with Crippen molar-refractivity contribution in [1.82, 2.24) is 15.6 Å². The largest absolute Gasteiger partial charge is 0.416 e.